The molecule has 0 radical (unpaired) electrons. The summed E-state index contributed by atoms with van der Waals surface area (Å²) in [5, 5.41) is 4.11. The Labute approximate surface area is 176 Å². The fourth-order valence-electron chi connectivity index (χ4n) is 2.26. The maximum absolute atomic E-state index is 13.9. The van der Waals surface area contributed by atoms with Gasteiger partial charge in [-0.3, -0.25) is 10.1 Å². The van der Waals surface area contributed by atoms with Gasteiger partial charge in [0.25, 0.3) is 5.91 Å². The standard InChI is InChI=1S/C18H12ClF4N3O3S/c1-28-14-3-2-9(5-12(14)20)13-7-30-17(25-13)26-15(27)10-4-11(19)16(24-6-10)29-8-18(21,22)23/h2-7H,8H2,1H3,(H,25,26,27). The van der Waals surface area contributed by atoms with Crippen LogP contribution in [-0.2, 0) is 0 Å². The van der Waals surface area contributed by atoms with E-state index in [1.54, 1.807) is 11.4 Å². The number of pyridine rings is 1. The van der Waals surface area contributed by atoms with Gasteiger partial charge in [-0.1, -0.05) is 11.6 Å². The molecule has 0 unspecified atom stereocenters. The highest BCUT2D eigenvalue weighted by molar-refractivity contribution is 7.14. The first kappa shape index (κ1) is 21.8. The Bertz CT molecular complexity index is 1080. The van der Waals surface area contributed by atoms with Gasteiger partial charge in [-0.25, -0.2) is 14.4 Å². The van der Waals surface area contributed by atoms with Crippen LogP contribution in [0.5, 0.6) is 11.6 Å². The van der Waals surface area contributed by atoms with Crippen LogP contribution in [0.3, 0.4) is 0 Å². The first-order valence-corrected chi connectivity index (χ1v) is 9.38. The van der Waals surface area contributed by atoms with Crippen LogP contribution in [0.1, 0.15) is 10.4 Å². The van der Waals surface area contributed by atoms with Crippen molar-refractivity contribution in [3.05, 3.63) is 52.2 Å². The number of rotatable bonds is 6. The average molecular weight is 462 g/mol. The van der Waals surface area contributed by atoms with Crippen LogP contribution < -0.4 is 14.8 Å². The Kier molecular flexibility index (Phi) is 6.42. The summed E-state index contributed by atoms with van der Waals surface area (Å²) in [5.74, 6) is -1.53. The second kappa shape index (κ2) is 8.84. The first-order valence-electron chi connectivity index (χ1n) is 8.12. The SMILES string of the molecule is COc1ccc(-c2csc(NC(=O)c3cnc(OCC(F)(F)F)c(Cl)c3)n2)cc1F. The third-order valence-corrected chi connectivity index (χ3v) is 4.64. The monoisotopic (exact) mass is 461 g/mol. The number of alkyl halides is 3. The second-order valence-corrected chi connectivity index (χ2v) is 7.02. The highest BCUT2D eigenvalue weighted by atomic mass is 35.5. The molecule has 12 heteroatoms. The molecule has 3 aromatic rings. The van der Waals surface area contributed by atoms with Crippen molar-refractivity contribution in [3.8, 4) is 22.9 Å². The Morgan fingerprint density at radius 2 is 2.07 bits per heavy atom. The molecule has 1 aromatic carbocycles. The van der Waals surface area contributed by atoms with Crippen LogP contribution in [-0.4, -0.2) is 35.8 Å². The van der Waals surface area contributed by atoms with Crippen LogP contribution in [0, 0.1) is 5.82 Å². The number of hydrogen-bond donors (Lipinski definition) is 1. The number of thiazole rings is 1. The zero-order valence-electron chi connectivity index (χ0n) is 15.1. The van der Waals surface area contributed by atoms with Gasteiger partial charge in [0.1, 0.15) is 5.02 Å². The number of amides is 1. The zero-order valence-corrected chi connectivity index (χ0v) is 16.7. The number of carbonyl (C=O) groups is 1. The second-order valence-electron chi connectivity index (χ2n) is 5.76. The topological polar surface area (TPSA) is 73.3 Å². The first-order chi connectivity index (χ1) is 14.2. The minimum atomic E-state index is -4.55. The lowest BCUT2D eigenvalue weighted by Crippen LogP contribution is -2.20. The lowest BCUT2D eigenvalue weighted by Gasteiger charge is -2.10. The summed E-state index contributed by atoms with van der Waals surface area (Å²) in [6.45, 7) is -1.56. The number of aromatic nitrogens is 2. The van der Waals surface area contributed by atoms with Gasteiger partial charge in [-0.05, 0) is 24.3 Å². The largest absolute Gasteiger partial charge is 0.494 e. The van der Waals surface area contributed by atoms with E-state index in [2.05, 4.69) is 20.0 Å². The molecule has 0 fully saturated rings. The minimum Gasteiger partial charge on any atom is -0.494 e. The summed E-state index contributed by atoms with van der Waals surface area (Å²) in [6.07, 6.45) is -3.52. The molecule has 0 atom stereocenters. The van der Waals surface area contributed by atoms with Crippen LogP contribution in [0.15, 0.2) is 35.8 Å². The Balaban J connectivity index is 1.69. The van der Waals surface area contributed by atoms with Crippen molar-refractivity contribution in [2.75, 3.05) is 19.0 Å². The highest BCUT2D eigenvalue weighted by Gasteiger charge is 2.29. The summed E-state index contributed by atoms with van der Waals surface area (Å²) >= 11 is 6.94. The van der Waals surface area contributed by atoms with Crippen LogP contribution in [0.2, 0.25) is 5.02 Å². The van der Waals surface area contributed by atoms with Crippen molar-refractivity contribution in [2.24, 2.45) is 0 Å². The maximum Gasteiger partial charge on any atom is 0.422 e. The summed E-state index contributed by atoms with van der Waals surface area (Å²) in [6, 6.07) is 5.45. The van der Waals surface area contributed by atoms with E-state index in [1.807, 2.05) is 0 Å². The molecular weight excluding hydrogens is 450 g/mol. The van der Waals surface area contributed by atoms with Crippen LogP contribution in [0.4, 0.5) is 22.7 Å². The van der Waals surface area contributed by atoms with Gasteiger partial charge in [0.2, 0.25) is 5.88 Å². The number of nitrogens with zero attached hydrogens (tertiary/aromatic N) is 2. The van der Waals surface area contributed by atoms with Gasteiger partial charge < -0.3 is 9.47 Å². The van der Waals surface area contributed by atoms with E-state index in [9.17, 15) is 22.4 Å². The minimum absolute atomic E-state index is 0.00778. The number of methoxy groups -OCH3 is 1. The quantitative estimate of drug-likeness (QED) is 0.511. The predicted octanol–water partition coefficient (Wildman–Crippen LogP) is 5.20. The molecule has 30 heavy (non-hydrogen) atoms. The van der Waals surface area contributed by atoms with Crippen molar-refractivity contribution in [1.29, 1.82) is 0 Å². The molecular formula is C18H12ClF4N3O3S. The Hall–Kier alpha value is -2.92. The van der Waals surface area contributed by atoms with Gasteiger partial charge in [-0.15, -0.1) is 11.3 Å². The van der Waals surface area contributed by atoms with E-state index in [-0.39, 0.29) is 21.5 Å². The smallest absolute Gasteiger partial charge is 0.422 e. The molecule has 3 rings (SSSR count). The molecule has 2 heterocycles. The van der Waals surface area contributed by atoms with Crippen molar-refractivity contribution < 1.29 is 31.8 Å². The maximum atomic E-state index is 13.9. The van der Waals surface area contributed by atoms with Gasteiger partial charge >= 0.3 is 6.18 Å². The third-order valence-electron chi connectivity index (χ3n) is 3.61. The number of benzene rings is 1. The molecule has 0 bridgehead atoms. The van der Waals surface area contributed by atoms with E-state index < -0.39 is 30.4 Å². The van der Waals surface area contributed by atoms with Gasteiger partial charge in [0, 0.05) is 17.1 Å². The number of ether oxygens (including phenoxy) is 2. The fourth-order valence-corrected chi connectivity index (χ4v) is 3.20. The van der Waals surface area contributed by atoms with Gasteiger partial charge in [0.15, 0.2) is 23.3 Å². The lowest BCUT2D eigenvalue weighted by molar-refractivity contribution is -0.154. The van der Waals surface area contributed by atoms with Crippen LogP contribution in [0.25, 0.3) is 11.3 Å². The van der Waals surface area contributed by atoms with E-state index in [1.165, 1.54) is 19.2 Å². The summed E-state index contributed by atoms with van der Waals surface area (Å²) < 4.78 is 59.8. The Morgan fingerprint density at radius 1 is 1.30 bits per heavy atom. The zero-order chi connectivity index (χ0) is 21.9. The molecule has 0 saturated carbocycles. The molecule has 0 aliphatic carbocycles. The van der Waals surface area contributed by atoms with Crippen molar-refractivity contribution >= 4 is 34.0 Å². The summed E-state index contributed by atoms with van der Waals surface area (Å²) in [5.41, 5.74) is 0.913. The van der Waals surface area contributed by atoms with E-state index in [4.69, 9.17) is 16.3 Å². The molecule has 0 spiro atoms. The van der Waals surface area contributed by atoms with Crippen molar-refractivity contribution in [1.82, 2.24) is 9.97 Å². The molecule has 0 aliphatic heterocycles. The molecule has 158 valence electrons. The van der Waals surface area contributed by atoms with Gasteiger partial charge in [0.05, 0.1) is 18.4 Å². The number of anilines is 1. The highest BCUT2D eigenvalue weighted by Crippen LogP contribution is 2.29. The molecule has 2 aromatic heterocycles. The molecule has 0 saturated heterocycles. The van der Waals surface area contributed by atoms with Gasteiger partial charge in [-0.2, -0.15) is 13.2 Å². The number of hydrogen-bond acceptors (Lipinski definition) is 6. The third kappa shape index (κ3) is 5.36. The summed E-state index contributed by atoms with van der Waals surface area (Å²) in [4.78, 5) is 20.2. The number of nitrogens with one attached hydrogen (secondary N) is 1. The van der Waals surface area contributed by atoms with E-state index in [0.29, 0.717) is 11.3 Å². The fraction of sp³-hybridized carbons (Fsp3) is 0.167. The molecule has 6 nitrogen and oxygen atoms in total. The summed E-state index contributed by atoms with van der Waals surface area (Å²) in [7, 11) is 1.35. The molecule has 1 N–H and O–H groups in total. The Morgan fingerprint density at radius 3 is 2.70 bits per heavy atom. The van der Waals surface area contributed by atoms with E-state index >= 15 is 0 Å². The predicted molar refractivity (Wildman–Crippen MR) is 103 cm³/mol. The number of carbonyl (C=O) groups excluding carboxylic acids is 1. The normalized spacial score (nSPS) is 11.3. The number of halogens is 5. The van der Waals surface area contributed by atoms with Crippen molar-refractivity contribution in [2.45, 2.75) is 6.18 Å². The van der Waals surface area contributed by atoms with E-state index in [0.717, 1.165) is 23.6 Å². The van der Waals surface area contributed by atoms with Crippen LogP contribution >= 0.6 is 22.9 Å². The van der Waals surface area contributed by atoms with Crippen molar-refractivity contribution in [3.63, 3.8) is 0 Å². The molecule has 0 aliphatic rings. The average Bonchev–Trinajstić information content (AvgIpc) is 3.14. The molecule has 1 amide bonds. The lowest BCUT2D eigenvalue weighted by atomic mass is 10.1.